The molecule has 1 amide bonds. The van der Waals surface area contributed by atoms with Crippen LogP contribution in [-0.4, -0.2) is 26.6 Å². The molecule has 154 valence electrons. The number of hydrogen-bond acceptors (Lipinski definition) is 7. The van der Waals surface area contributed by atoms with Gasteiger partial charge in [0.25, 0.3) is 0 Å². The molecule has 2 aromatic heterocycles. The van der Waals surface area contributed by atoms with E-state index in [2.05, 4.69) is 26.6 Å². The quantitative estimate of drug-likeness (QED) is 0.470. The Morgan fingerprint density at radius 3 is 2.71 bits per heavy atom. The summed E-state index contributed by atoms with van der Waals surface area (Å²) < 4.78 is 6.52. The zero-order chi connectivity index (χ0) is 21.4. The zero-order valence-electron chi connectivity index (χ0n) is 16.3. The number of nitrogens with zero attached hydrogens (tertiary/aromatic N) is 4. The van der Waals surface area contributed by atoms with E-state index in [0.29, 0.717) is 30.2 Å². The molecular formula is C22H16ClN5O2S. The van der Waals surface area contributed by atoms with Crippen molar-refractivity contribution >= 4 is 39.1 Å². The van der Waals surface area contributed by atoms with Crippen LogP contribution in [0.25, 0.3) is 21.3 Å². The third-order valence-corrected chi connectivity index (χ3v) is 6.58. The summed E-state index contributed by atoms with van der Waals surface area (Å²) in [5.41, 5.74) is 2.19. The molecule has 31 heavy (non-hydrogen) atoms. The van der Waals surface area contributed by atoms with Gasteiger partial charge in [-0.1, -0.05) is 41.9 Å². The molecule has 0 saturated heterocycles. The lowest BCUT2D eigenvalue weighted by molar-refractivity contribution is -0.121. The zero-order valence-corrected chi connectivity index (χ0v) is 17.8. The van der Waals surface area contributed by atoms with Crippen LogP contribution in [0.1, 0.15) is 29.6 Å². The molecule has 4 aromatic rings. The van der Waals surface area contributed by atoms with Gasteiger partial charge < -0.3 is 9.73 Å². The second-order valence-corrected chi connectivity index (χ2v) is 8.96. The minimum atomic E-state index is -0.710. The number of amides is 1. The number of benzene rings is 2. The number of aromatic nitrogens is 3. The molecule has 2 heterocycles. The summed E-state index contributed by atoms with van der Waals surface area (Å²) in [6.07, 6.45) is 1.66. The summed E-state index contributed by atoms with van der Waals surface area (Å²) in [6.45, 7) is 0. The largest absolute Gasteiger partial charge is 0.424 e. The first-order chi connectivity index (χ1) is 15.0. The van der Waals surface area contributed by atoms with E-state index in [-0.39, 0.29) is 18.2 Å². The Bertz CT molecular complexity index is 1320. The molecule has 9 heteroatoms. The monoisotopic (exact) mass is 449 g/mol. The second-order valence-electron chi connectivity index (χ2n) is 7.47. The number of hydrogen-bond donors (Lipinski definition) is 1. The van der Waals surface area contributed by atoms with Crippen LogP contribution in [0.2, 0.25) is 5.02 Å². The Hall–Kier alpha value is -3.28. The predicted octanol–water partition coefficient (Wildman–Crippen LogP) is 4.31. The van der Waals surface area contributed by atoms with Crippen molar-refractivity contribution < 1.29 is 9.21 Å². The highest BCUT2D eigenvalue weighted by Crippen LogP contribution is 2.35. The van der Waals surface area contributed by atoms with Crippen LogP contribution in [-0.2, 0) is 17.6 Å². The molecule has 0 spiro atoms. The molecule has 1 aliphatic carbocycles. The summed E-state index contributed by atoms with van der Waals surface area (Å²) in [4.78, 5) is 16.8. The van der Waals surface area contributed by atoms with Gasteiger partial charge in [-0.2, -0.15) is 5.26 Å². The van der Waals surface area contributed by atoms with Gasteiger partial charge >= 0.3 is 0 Å². The molecule has 1 N–H and O–H groups in total. The molecule has 0 unspecified atom stereocenters. The first-order valence-electron chi connectivity index (χ1n) is 9.71. The number of rotatable bonds is 6. The van der Waals surface area contributed by atoms with Crippen LogP contribution in [0.5, 0.6) is 0 Å². The van der Waals surface area contributed by atoms with E-state index in [1.165, 1.54) is 11.3 Å². The van der Waals surface area contributed by atoms with E-state index in [9.17, 15) is 4.79 Å². The summed E-state index contributed by atoms with van der Waals surface area (Å²) in [5.74, 6) is 0.295. The Morgan fingerprint density at radius 1 is 1.19 bits per heavy atom. The Labute approximate surface area is 186 Å². The maximum Gasteiger partial charge on any atom is 0.230 e. The van der Waals surface area contributed by atoms with E-state index in [1.807, 2.05) is 42.5 Å². The number of carbonyl (C=O) groups excluding carboxylic acids is 1. The van der Waals surface area contributed by atoms with Gasteiger partial charge in [0.2, 0.25) is 17.7 Å². The normalized spacial score (nSPS) is 14.3. The van der Waals surface area contributed by atoms with Crippen LogP contribution in [0.4, 0.5) is 0 Å². The van der Waals surface area contributed by atoms with Crippen LogP contribution < -0.4 is 5.32 Å². The van der Waals surface area contributed by atoms with Crippen LogP contribution in [0, 0.1) is 11.3 Å². The standard InChI is InChI=1S/C22H16ClN5O2S/c23-15-8-14(13-4-2-1-3-5-13)9-16-21(15)31-20(25-16)11-19-28-27-18(30-19)10-17(29)26-22(12-24)6-7-22/h1-5,8-9H,6-7,10-11H2,(H,26,29). The minimum absolute atomic E-state index is 0.0530. The smallest absolute Gasteiger partial charge is 0.230 e. The van der Waals surface area contributed by atoms with E-state index in [0.717, 1.165) is 26.4 Å². The van der Waals surface area contributed by atoms with E-state index in [1.54, 1.807) is 0 Å². The molecule has 0 atom stereocenters. The van der Waals surface area contributed by atoms with Gasteiger partial charge in [-0.05, 0) is 36.1 Å². The second kappa shape index (κ2) is 7.76. The molecule has 1 saturated carbocycles. The molecule has 0 aliphatic heterocycles. The van der Waals surface area contributed by atoms with Crippen molar-refractivity contribution in [2.24, 2.45) is 0 Å². The first-order valence-corrected chi connectivity index (χ1v) is 10.9. The molecule has 7 nitrogen and oxygen atoms in total. The molecule has 0 bridgehead atoms. The molecule has 5 rings (SSSR count). The van der Waals surface area contributed by atoms with Gasteiger partial charge in [0.05, 0.1) is 27.7 Å². The van der Waals surface area contributed by atoms with Crippen molar-refractivity contribution in [3.05, 3.63) is 64.3 Å². The summed E-state index contributed by atoms with van der Waals surface area (Å²) in [7, 11) is 0. The third-order valence-electron chi connectivity index (χ3n) is 5.06. The van der Waals surface area contributed by atoms with Gasteiger partial charge in [-0.3, -0.25) is 4.79 Å². The molecular weight excluding hydrogens is 434 g/mol. The Morgan fingerprint density at radius 2 is 1.97 bits per heavy atom. The molecule has 0 radical (unpaired) electrons. The topological polar surface area (TPSA) is 105 Å². The lowest BCUT2D eigenvalue weighted by Gasteiger charge is -2.06. The predicted molar refractivity (Wildman–Crippen MR) is 117 cm³/mol. The van der Waals surface area contributed by atoms with Crippen molar-refractivity contribution in [1.29, 1.82) is 5.26 Å². The number of nitrogens with one attached hydrogen (secondary N) is 1. The van der Waals surface area contributed by atoms with Crippen LogP contribution >= 0.6 is 22.9 Å². The molecule has 1 fully saturated rings. The van der Waals surface area contributed by atoms with Crippen molar-refractivity contribution in [3.63, 3.8) is 0 Å². The third kappa shape index (κ3) is 4.15. The minimum Gasteiger partial charge on any atom is -0.424 e. The average molecular weight is 450 g/mol. The number of fused-ring (bicyclic) bond motifs is 1. The lowest BCUT2D eigenvalue weighted by Crippen LogP contribution is -2.36. The van der Waals surface area contributed by atoms with Crippen molar-refractivity contribution in [1.82, 2.24) is 20.5 Å². The van der Waals surface area contributed by atoms with Gasteiger partial charge in [0, 0.05) is 0 Å². The lowest BCUT2D eigenvalue weighted by atomic mass is 10.1. The van der Waals surface area contributed by atoms with Gasteiger partial charge in [-0.15, -0.1) is 21.5 Å². The maximum atomic E-state index is 12.1. The highest BCUT2D eigenvalue weighted by atomic mass is 35.5. The molecule has 2 aromatic carbocycles. The number of thiazole rings is 1. The van der Waals surface area contributed by atoms with Crippen molar-refractivity contribution in [3.8, 4) is 17.2 Å². The Kier molecular flexibility index (Phi) is 4.93. The fourth-order valence-electron chi connectivity index (χ4n) is 3.31. The number of carbonyl (C=O) groups is 1. The summed E-state index contributed by atoms with van der Waals surface area (Å²) in [6, 6.07) is 16.1. The highest BCUT2D eigenvalue weighted by Gasteiger charge is 2.44. The summed E-state index contributed by atoms with van der Waals surface area (Å²) >= 11 is 7.99. The maximum absolute atomic E-state index is 12.1. The highest BCUT2D eigenvalue weighted by molar-refractivity contribution is 7.19. The Balaban J connectivity index is 1.31. The fourth-order valence-corrected chi connectivity index (χ4v) is 4.58. The van der Waals surface area contributed by atoms with Crippen LogP contribution in [0.15, 0.2) is 46.9 Å². The summed E-state index contributed by atoms with van der Waals surface area (Å²) in [5, 5.41) is 21.2. The van der Waals surface area contributed by atoms with Crippen LogP contribution in [0.3, 0.4) is 0 Å². The van der Waals surface area contributed by atoms with E-state index >= 15 is 0 Å². The van der Waals surface area contributed by atoms with E-state index in [4.69, 9.17) is 21.3 Å². The first kappa shape index (κ1) is 19.7. The van der Waals surface area contributed by atoms with Gasteiger partial charge in [-0.25, -0.2) is 4.98 Å². The van der Waals surface area contributed by atoms with E-state index < -0.39 is 5.54 Å². The fraction of sp³-hybridized carbons (Fsp3) is 0.227. The van der Waals surface area contributed by atoms with Gasteiger partial charge in [0.15, 0.2) is 0 Å². The molecule has 1 aliphatic rings. The van der Waals surface area contributed by atoms with Gasteiger partial charge in [0.1, 0.15) is 17.0 Å². The average Bonchev–Trinajstić information content (AvgIpc) is 3.19. The van der Waals surface area contributed by atoms with Crippen molar-refractivity contribution in [2.75, 3.05) is 0 Å². The number of nitriles is 1. The SMILES string of the molecule is N#CC1(NC(=O)Cc2nnc(Cc3nc4cc(-c5ccccc5)cc(Cl)c4s3)o2)CC1. The van der Waals surface area contributed by atoms with Crippen molar-refractivity contribution in [2.45, 2.75) is 31.2 Å². The number of halogens is 1.